The smallest absolute Gasteiger partial charge is 0.311 e. The Bertz CT molecular complexity index is 1420. The van der Waals surface area contributed by atoms with Crippen LogP contribution < -0.4 is 0 Å². The Labute approximate surface area is 184 Å². The molecule has 0 atom stereocenters. The first kappa shape index (κ1) is 19.6. The summed E-state index contributed by atoms with van der Waals surface area (Å²) < 4.78 is 6.22. The fourth-order valence-corrected chi connectivity index (χ4v) is 4.00. The molecular formula is C27H19NO4. The molecule has 1 heterocycles. The fraction of sp³-hybridized carbons (Fsp3) is 0.0370. The third kappa shape index (κ3) is 3.61. The van der Waals surface area contributed by atoms with Gasteiger partial charge in [0.15, 0.2) is 5.75 Å². The molecule has 0 aliphatic carbocycles. The zero-order valence-electron chi connectivity index (χ0n) is 17.1. The van der Waals surface area contributed by atoms with Crippen molar-refractivity contribution in [2.45, 2.75) is 6.42 Å². The second-order valence-corrected chi connectivity index (χ2v) is 7.60. The Balaban J connectivity index is 1.57. The van der Waals surface area contributed by atoms with Crippen LogP contribution in [0.1, 0.15) is 11.3 Å². The quantitative estimate of drug-likeness (QED) is 0.245. The lowest BCUT2D eigenvalue weighted by atomic mass is 9.96. The van der Waals surface area contributed by atoms with Crippen LogP contribution in [-0.2, 0) is 6.42 Å². The molecule has 0 fully saturated rings. The number of nitro groups is 1. The molecule has 1 N–H and O–H groups in total. The Hall–Kier alpha value is -4.38. The van der Waals surface area contributed by atoms with Crippen molar-refractivity contribution in [2.75, 3.05) is 0 Å². The van der Waals surface area contributed by atoms with Crippen molar-refractivity contribution >= 4 is 16.7 Å². The second kappa shape index (κ2) is 8.04. The van der Waals surface area contributed by atoms with Crippen molar-refractivity contribution in [1.82, 2.24) is 0 Å². The molecule has 5 aromatic rings. The molecular weight excluding hydrogens is 402 g/mol. The monoisotopic (exact) mass is 421 g/mol. The van der Waals surface area contributed by atoms with Gasteiger partial charge in [-0.25, -0.2) is 0 Å². The molecule has 0 spiro atoms. The zero-order chi connectivity index (χ0) is 22.1. The van der Waals surface area contributed by atoms with E-state index in [0.717, 1.165) is 33.4 Å². The minimum absolute atomic E-state index is 0.308. The Morgan fingerprint density at radius 3 is 2.19 bits per heavy atom. The highest BCUT2D eigenvalue weighted by molar-refractivity contribution is 5.96. The van der Waals surface area contributed by atoms with Crippen molar-refractivity contribution in [2.24, 2.45) is 0 Å². The van der Waals surface area contributed by atoms with Gasteiger partial charge in [-0.2, -0.15) is 0 Å². The van der Waals surface area contributed by atoms with E-state index in [9.17, 15) is 15.2 Å². The molecule has 0 saturated carbocycles. The Morgan fingerprint density at radius 2 is 1.44 bits per heavy atom. The molecule has 0 aliphatic heterocycles. The van der Waals surface area contributed by atoms with E-state index in [1.807, 2.05) is 60.7 Å². The molecule has 1 aromatic heterocycles. The summed E-state index contributed by atoms with van der Waals surface area (Å²) in [5.74, 6) is 0.552. The molecule has 0 saturated heterocycles. The number of hydrogen-bond donors (Lipinski definition) is 1. The van der Waals surface area contributed by atoms with Crippen LogP contribution in [0, 0.1) is 10.1 Å². The lowest BCUT2D eigenvalue weighted by Gasteiger charge is -2.07. The van der Waals surface area contributed by atoms with E-state index >= 15 is 0 Å². The number of para-hydroxylation sites is 1. The normalized spacial score (nSPS) is 11.0. The maximum Gasteiger partial charge on any atom is 0.311 e. The van der Waals surface area contributed by atoms with Gasteiger partial charge in [0, 0.05) is 23.4 Å². The van der Waals surface area contributed by atoms with Crippen LogP contribution in [-0.4, -0.2) is 10.0 Å². The van der Waals surface area contributed by atoms with E-state index in [2.05, 4.69) is 18.2 Å². The molecule has 4 aromatic carbocycles. The zero-order valence-corrected chi connectivity index (χ0v) is 17.1. The van der Waals surface area contributed by atoms with Crippen LogP contribution in [0.15, 0.2) is 101 Å². The van der Waals surface area contributed by atoms with Crippen molar-refractivity contribution in [3.05, 3.63) is 118 Å². The van der Waals surface area contributed by atoms with Gasteiger partial charge in [-0.1, -0.05) is 78.9 Å². The number of nitro benzene ring substituents is 1. The van der Waals surface area contributed by atoms with Crippen molar-refractivity contribution in [1.29, 1.82) is 0 Å². The summed E-state index contributed by atoms with van der Waals surface area (Å²) in [5, 5.41) is 21.9. The minimum atomic E-state index is -0.583. The first-order valence-corrected chi connectivity index (χ1v) is 10.2. The van der Waals surface area contributed by atoms with Crippen LogP contribution >= 0.6 is 0 Å². The van der Waals surface area contributed by atoms with Crippen molar-refractivity contribution in [3.8, 4) is 28.0 Å². The lowest BCUT2D eigenvalue weighted by molar-refractivity contribution is -0.385. The molecule has 0 aliphatic rings. The number of hydrogen-bond acceptors (Lipinski definition) is 4. The van der Waals surface area contributed by atoms with Crippen LogP contribution in [0.2, 0.25) is 0 Å². The SMILES string of the molecule is O=[N+]([O-])c1cc(-c2ccc(-c3c(Cc4ccccc4)oc4ccccc34)cc2)ccc1O. The molecule has 5 rings (SSSR count). The number of phenols is 1. The van der Waals surface area contributed by atoms with E-state index in [-0.39, 0.29) is 11.4 Å². The second-order valence-electron chi connectivity index (χ2n) is 7.60. The van der Waals surface area contributed by atoms with Gasteiger partial charge in [0.05, 0.1) is 4.92 Å². The number of phenolic OH excluding ortho intramolecular Hbond substituents is 1. The molecule has 32 heavy (non-hydrogen) atoms. The van der Waals surface area contributed by atoms with Gasteiger partial charge in [0.25, 0.3) is 0 Å². The summed E-state index contributed by atoms with van der Waals surface area (Å²) in [6.07, 6.45) is 0.677. The van der Waals surface area contributed by atoms with E-state index in [0.29, 0.717) is 12.0 Å². The number of nitrogens with zero attached hydrogens (tertiary/aromatic N) is 1. The molecule has 5 nitrogen and oxygen atoms in total. The standard InChI is InChI=1S/C27H19NO4/c29-24-15-14-21(17-23(24)28(30)31)19-10-12-20(13-11-19)27-22-8-4-5-9-25(22)32-26(27)16-18-6-2-1-3-7-18/h1-15,17,29H,16H2. The topological polar surface area (TPSA) is 76.5 Å². The summed E-state index contributed by atoms with van der Waals surface area (Å²) in [5.41, 5.74) is 5.26. The number of benzene rings is 4. The number of fused-ring (bicyclic) bond motifs is 1. The third-order valence-corrected chi connectivity index (χ3v) is 5.55. The van der Waals surface area contributed by atoms with E-state index in [1.54, 1.807) is 6.07 Å². The highest BCUT2D eigenvalue weighted by atomic mass is 16.6. The summed E-state index contributed by atoms with van der Waals surface area (Å²) in [6, 6.07) is 30.4. The third-order valence-electron chi connectivity index (χ3n) is 5.55. The Morgan fingerprint density at radius 1 is 0.781 bits per heavy atom. The molecule has 5 heteroatoms. The van der Waals surface area contributed by atoms with E-state index < -0.39 is 4.92 Å². The first-order chi connectivity index (χ1) is 15.6. The number of furan rings is 1. The van der Waals surface area contributed by atoms with Gasteiger partial charge in [0.2, 0.25) is 0 Å². The van der Waals surface area contributed by atoms with Crippen molar-refractivity contribution in [3.63, 3.8) is 0 Å². The predicted molar refractivity (Wildman–Crippen MR) is 125 cm³/mol. The largest absolute Gasteiger partial charge is 0.502 e. The van der Waals surface area contributed by atoms with Crippen LogP contribution in [0.4, 0.5) is 5.69 Å². The van der Waals surface area contributed by atoms with Crippen LogP contribution in [0.25, 0.3) is 33.2 Å². The average Bonchev–Trinajstić information content (AvgIpc) is 3.18. The first-order valence-electron chi connectivity index (χ1n) is 10.2. The molecule has 156 valence electrons. The molecule has 0 unspecified atom stereocenters. The van der Waals surface area contributed by atoms with Gasteiger partial charge in [-0.3, -0.25) is 10.1 Å². The summed E-state index contributed by atoms with van der Waals surface area (Å²) >= 11 is 0. The fourth-order valence-electron chi connectivity index (χ4n) is 4.00. The maximum absolute atomic E-state index is 11.2. The van der Waals surface area contributed by atoms with Gasteiger partial charge < -0.3 is 9.52 Å². The summed E-state index contributed by atoms with van der Waals surface area (Å²) in [4.78, 5) is 10.6. The average molecular weight is 421 g/mol. The highest BCUT2D eigenvalue weighted by Crippen LogP contribution is 2.38. The van der Waals surface area contributed by atoms with Gasteiger partial charge in [-0.05, 0) is 34.4 Å². The minimum Gasteiger partial charge on any atom is -0.502 e. The molecule has 0 radical (unpaired) electrons. The summed E-state index contributed by atoms with van der Waals surface area (Å²) in [7, 11) is 0. The van der Waals surface area contributed by atoms with Crippen molar-refractivity contribution < 1.29 is 14.4 Å². The molecule has 0 amide bonds. The van der Waals surface area contributed by atoms with Gasteiger partial charge in [0.1, 0.15) is 11.3 Å². The van der Waals surface area contributed by atoms with Gasteiger partial charge >= 0.3 is 5.69 Å². The van der Waals surface area contributed by atoms with E-state index in [1.165, 1.54) is 17.7 Å². The Kier molecular flexibility index (Phi) is 4.92. The lowest BCUT2D eigenvalue weighted by Crippen LogP contribution is -1.90. The maximum atomic E-state index is 11.2. The number of aromatic hydroxyl groups is 1. The van der Waals surface area contributed by atoms with Crippen LogP contribution in [0.5, 0.6) is 5.75 Å². The summed E-state index contributed by atoms with van der Waals surface area (Å²) in [6.45, 7) is 0. The molecule has 0 bridgehead atoms. The van der Waals surface area contributed by atoms with Gasteiger partial charge in [-0.15, -0.1) is 0 Å². The predicted octanol–water partition coefficient (Wildman–Crippen LogP) is 6.97. The van der Waals surface area contributed by atoms with Crippen LogP contribution in [0.3, 0.4) is 0 Å². The van der Waals surface area contributed by atoms with E-state index in [4.69, 9.17) is 4.42 Å². The number of rotatable bonds is 5. The highest BCUT2D eigenvalue weighted by Gasteiger charge is 2.17.